The van der Waals surface area contributed by atoms with Gasteiger partial charge in [-0.1, -0.05) is 48.9 Å². The van der Waals surface area contributed by atoms with E-state index >= 15 is 0 Å². The van der Waals surface area contributed by atoms with Crippen LogP contribution in [0, 0.1) is 0 Å². The van der Waals surface area contributed by atoms with Crippen molar-refractivity contribution >= 4 is 5.69 Å². The molecule has 1 nitrogen and oxygen atoms in total. The molecule has 0 spiro atoms. The van der Waals surface area contributed by atoms with E-state index < -0.39 is 0 Å². The Morgan fingerprint density at radius 1 is 0.800 bits per heavy atom. The van der Waals surface area contributed by atoms with E-state index in [0.717, 1.165) is 5.92 Å². The molecule has 0 amide bonds. The second-order valence-corrected chi connectivity index (χ2v) is 6.15. The number of anilines is 1. The van der Waals surface area contributed by atoms with Crippen LogP contribution in [0.25, 0.3) is 0 Å². The third-order valence-corrected chi connectivity index (χ3v) is 4.97. The SMILES string of the molecule is c1ccc2c(c1)CCC(c1ccccc1C1CCC1)N2. The van der Waals surface area contributed by atoms with Crippen LogP contribution >= 0.6 is 0 Å². The first-order chi connectivity index (χ1) is 9.92. The van der Waals surface area contributed by atoms with Crippen molar-refractivity contribution in [2.24, 2.45) is 0 Å². The van der Waals surface area contributed by atoms with E-state index in [1.807, 2.05) is 0 Å². The van der Waals surface area contributed by atoms with Gasteiger partial charge in [0.2, 0.25) is 0 Å². The fourth-order valence-corrected chi connectivity index (χ4v) is 3.59. The Labute approximate surface area is 121 Å². The van der Waals surface area contributed by atoms with Crippen LogP contribution in [-0.2, 0) is 6.42 Å². The largest absolute Gasteiger partial charge is 0.378 e. The van der Waals surface area contributed by atoms with Crippen LogP contribution < -0.4 is 5.32 Å². The highest BCUT2D eigenvalue weighted by Gasteiger charge is 2.26. The number of benzene rings is 2. The van der Waals surface area contributed by atoms with Crippen molar-refractivity contribution in [3.63, 3.8) is 0 Å². The van der Waals surface area contributed by atoms with Crippen molar-refractivity contribution in [1.29, 1.82) is 0 Å². The van der Waals surface area contributed by atoms with Gasteiger partial charge in [-0.15, -0.1) is 0 Å². The first-order valence-corrected chi connectivity index (χ1v) is 7.85. The quantitative estimate of drug-likeness (QED) is 0.799. The molecule has 1 heterocycles. The maximum absolute atomic E-state index is 3.76. The first-order valence-electron chi connectivity index (χ1n) is 7.85. The van der Waals surface area contributed by atoms with E-state index in [9.17, 15) is 0 Å². The van der Waals surface area contributed by atoms with E-state index in [0.29, 0.717) is 6.04 Å². The van der Waals surface area contributed by atoms with Crippen molar-refractivity contribution in [3.05, 3.63) is 65.2 Å². The molecule has 1 fully saturated rings. The Bertz CT molecular complexity index is 613. The number of para-hydroxylation sites is 1. The molecule has 102 valence electrons. The fraction of sp³-hybridized carbons (Fsp3) is 0.368. The molecule has 2 aliphatic rings. The van der Waals surface area contributed by atoms with Gasteiger partial charge in [-0.3, -0.25) is 0 Å². The summed E-state index contributed by atoms with van der Waals surface area (Å²) < 4.78 is 0. The number of hydrogen-bond donors (Lipinski definition) is 1. The number of fused-ring (bicyclic) bond motifs is 1. The minimum Gasteiger partial charge on any atom is -0.378 e. The van der Waals surface area contributed by atoms with Gasteiger partial charge in [0.25, 0.3) is 0 Å². The third-order valence-electron chi connectivity index (χ3n) is 4.97. The van der Waals surface area contributed by atoms with Crippen LogP contribution in [0.1, 0.15) is 54.3 Å². The summed E-state index contributed by atoms with van der Waals surface area (Å²) in [6.45, 7) is 0. The van der Waals surface area contributed by atoms with Gasteiger partial charge >= 0.3 is 0 Å². The molecule has 0 saturated heterocycles. The van der Waals surface area contributed by atoms with Crippen LogP contribution in [-0.4, -0.2) is 0 Å². The van der Waals surface area contributed by atoms with Crippen LogP contribution in [0.3, 0.4) is 0 Å². The number of hydrogen-bond acceptors (Lipinski definition) is 1. The van der Waals surface area contributed by atoms with E-state index in [2.05, 4.69) is 53.8 Å². The van der Waals surface area contributed by atoms with E-state index in [1.54, 1.807) is 5.56 Å². The molecule has 0 aromatic heterocycles. The lowest BCUT2D eigenvalue weighted by atomic mass is 9.76. The highest BCUT2D eigenvalue weighted by Crippen LogP contribution is 2.42. The predicted octanol–water partition coefficient (Wildman–Crippen LogP) is 5.05. The summed E-state index contributed by atoms with van der Waals surface area (Å²) in [6.07, 6.45) is 6.55. The number of nitrogens with one attached hydrogen (secondary N) is 1. The summed E-state index contributed by atoms with van der Waals surface area (Å²) in [5, 5.41) is 3.76. The Morgan fingerprint density at radius 3 is 2.35 bits per heavy atom. The normalized spacial score (nSPS) is 21.7. The molecule has 1 heteroatoms. The van der Waals surface area contributed by atoms with Crippen molar-refractivity contribution in [1.82, 2.24) is 0 Å². The molecule has 1 aliphatic heterocycles. The summed E-state index contributed by atoms with van der Waals surface area (Å²) in [4.78, 5) is 0. The van der Waals surface area contributed by atoms with Crippen molar-refractivity contribution in [3.8, 4) is 0 Å². The minimum absolute atomic E-state index is 0.488. The summed E-state index contributed by atoms with van der Waals surface area (Å²) in [5.41, 5.74) is 5.92. The molecule has 1 unspecified atom stereocenters. The zero-order chi connectivity index (χ0) is 13.4. The number of rotatable bonds is 2. The highest BCUT2D eigenvalue weighted by molar-refractivity contribution is 5.55. The van der Waals surface area contributed by atoms with Gasteiger partial charge in [-0.25, -0.2) is 0 Å². The lowest BCUT2D eigenvalue weighted by Gasteiger charge is -2.33. The Hall–Kier alpha value is -1.76. The van der Waals surface area contributed by atoms with E-state index in [1.165, 1.54) is 48.9 Å². The molecule has 4 rings (SSSR count). The second-order valence-electron chi connectivity index (χ2n) is 6.15. The average molecular weight is 263 g/mol. The summed E-state index contributed by atoms with van der Waals surface area (Å²) >= 11 is 0. The van der Waals surface area contributed by atoms with E-state index in [4.69, 9.17) is 0 Å². The lowest BCUT2D eigenvalue weighted by Crippen LogP contribution is -2.21. The van der Waals surface area contributed by atoms with Gasteiger partial charge in [-0.05, 0) is 54.4 Å². The molecule has 2 aromatic carbocycles. The monoisotopic (exact) mass is 263 g/mol. The van der Waals surface area contributed by atoms with Gasteiger partial charge in [0.1, 0.15) is 0 Å². The van der Waals surface area contributed by atoms with Gasteiger partial charge < -0.3 is 5.32 Å². The maximum Gasteiger partial charge on any atom is 0.0519 e. The van der Waals surface area contributed by atoms with Crippen molar-refractivity contribution < 1.29 is 0 Å². The van der Waals surface area contributed by atoms with Crippen LogP contribution in [0.5, 0.6) is 0 Å². The summed E-state index contributed by atoms with van der Waals surface area (Å²) in [6, 6.07) is 18.3. The van der Waals surface area contributed by atoms with Crippen LogP contribution in [0.15, 0.2) is 48.5 Å². The van der Waals surface area contributed by atoms with Crippen molar-refractivity contribution in [2.45, 2.75) is 44.1 Å². The topological polar surface area (TPSA) is 12.0 Å². The molecule has 1 N–H and O–H groups in total. The molecule has 2 aromatic rings. The average Bonchev–Trinajstić information content (AvgIpc) is 2.46. The summed E-state index contributed by atoms with van der Waals surface area (Å²) in [5.74, 6) is 0.810. The zero-order valence-corrected chi connectivity index (χ0v) is 11.8. The van der Waals surface area contributed by atoms with Crippen molar-refractivity contribution in [2.75, 3.05) is 5.32 Å². The van der Waals surface area contributed by atoms with Gasteiger partial charge in [0.15, 0.2) is 0 Å². The molecular weight excluding hydrogens is 242 g/mol. The molecule has 1 aliphatic carbocycles. The molecule has 20 heavy (non-hydrogen) atoms. The lowest BCUT2D eigenvalue weighted by molar-refractivity contribution is 0.415. The highest BCUT2D eigenvalue weighted by atomic mass is 14.9. The fourth-order valence-electron chi connectivity index (χ4n) is 3.59. The predicted molar refractivity (Wildman–Crippen MR) is 84.2 cm³/mol. The Morgan fingerprint density at radius 2 is 1.55 bits per heavy atom. The Kier molecular flexibility index (Phi) is 2.99. The number of aryl methyl sites for hydroxylation is 1. The van der Waals surface area contributed by atoms with Gasteiger partial charge in [-0.2, -0.15) is 0 Å². The van der Waals surface area contributed by atoms with Crippen LogP contribution in [0.4, 0.5) is 5.69 Å². The zero-order valence-electron chi connectivity index (χ0n) is 11.8. The third kappa shape index (κ3) is 2.02. The Balaban J connectivity index is 1.66. The molecule has 0 radical (unpaired) electrons. The van der Waals surface area contributed by atoms with Gasteiger partial charge in [0, 0.05) is 5.69 Å². The van der Waals surface area contributed by atoms with Gasteiger partial charge in [0.05, 0.1) is 6.04 Å². The summed E-state index contributed by atoms with van der Waals surface area (Å²) in [7, 11) is 0. The standard InChI is InChI=1S/C19H21N/c1-4-11-18-15(6-1)12-13-19(20-18)17-10-3-2-9-16(17)14-7-5-8-14/h1-4,6,9-11,14,19-20H,5,7-8,12-13H2. The molecular formula is C19H21N. The van der Waals surface area contributed by atoms with E-state index in [-0.39, 0.29) is 0 Å². The van der Waals surface area contributed by atoms with Crippen LogP contribution in [0.2, 0.25) is 0 Å². The smallest absolute Gasteiger partial charge is 0.0519 e. The molecule has 1 atom stereocenters. The molecule has 1 saturated carbocycles. The maximum atomic E-state index is 3.76. The molecule has 0 bridgehead atoms. The second kappa shape index (κ2) is 4.97. The first kappa shape index (κ1) is 12.0. The minimum atomic E-state index is 0.488.